The Labute approximate surface area is 119 Å². The Morgan fingerprint density at radius 1 is 1.37 bits per heavy atom. The zero-order valence-corrected chi connectivity index (χ0v) is 12.5. The van der Waals surface area contributed by atoms with Crippen molar-refractivity contribution in [2.45, 2.75) is 52.0 Å². The molecule has 4 heteroatoms. The van der Waals surface area contributed by atoms with Crippen molar-refractivity contribution in [2.24, 2.45) is 5.92 Å². The van der Waals surface area contributed by atoms with Gasteiger partial charge >= 0.3 is 0 Å². The number of rotatable bonds is 4. The van der Waals surface area contributed by atoms with Gasteiger partial charge in [0.25, 0.3) is 5.91 Å². The molecule has 0 aliphatic heterocycles. The molecule has 0 aromatic carbocycles. The molecule has 0 bridgehead atoms. The molecule has 0 radical (unpaired) electrons. The molecule has 1 aromatic heterocycles. The number of carbonyl (C=O) groups excluding carboxylic acids is 1. The molecule has 1 N–H and O–H groups in total. The molecule has 1 saturated carbocycles. The van der Waals surface area contributed by atoms with Crippen LogP contribution in [-0.2, 0) is 0 Å². The lowest BCUT2D eigenvalue weighted by atomic mass is 9.80. The third-order valence-corrected chi connectivity index (χ3v) is 4.08. The lowest BCUT2D eigenvalue weighted by Gasteiger charge is -2.31. The topological polar surface area (TPSA) is 42.0 Å². The highest BCUT2D eigenvalue weighted by Crippen LogP contribution is 2.29. The van der Waals surface area contributed by atoms with Crippen LogP contribution in [0.2, 0.25) is 5.15 Å². The van der Waals surface area contributed by atoms with E-state index in [1.165, 1.54) is 19.3 Å². The molecule has 0 spiro atoms. The lowest BCUT2D eigenvalue weighted by molar-refractivity contribution is 0.0909. The molecule has 0 saturated heterocycles. The van der Waals surface area contributed by atoms with Gasteiger partial charge in [-0.05, 0) is 43.7 Å². The Morgan fingerprint density at radius 3 is 2.58 bits per heavy atom. The summed E-state index contributed by atoms with van der Waals surface area (Å²) < 4.78 is 0. The van der Waals surface area contributed by atoms with Gasteiger partial charge in [-0.3, -0.25) is 4.79 Å². The second kappa shape index (κ2) is 5.91. The summed E-state index contributed by atoms with van der Waals surface area (Å²) in [6, 6.07) is 3.70. The Morgan fingerprint density at radius 2 is 2.05 bits per heavy atom. The fourth-order valence-electron chi connectivity index (χ4n) is 2.29. The Balaban J connectivity index is 2.09. The maximum Gasteiger partial charge on any atom is 0.251 e. The summed E-state index contributed by atoms with van der Waals surface area (Å²) in [5.41, 5.74) is 1.46. The third kappa shape index (κ3) is 3.47. The Kier molecular flexibility index (Phi) is 4.46. The van der Waals surface area contributed by atoms with E-state index in [0.29, 0.717) is 16.6 Å². The molecule has 1 aliphatic rings. The van der Waals surface area contributed by atoms with Gasteiger partial charge in [0.2, 0.25) is 0 Å². The van der Waals surface area contributed by atoms with E-state index in [1.54, 1.807) is 6.07 Å². The number of nitrogens with one attached hydrogen (secondary N) is 1. The average molecular weight is 281 g/mol. The molecule has 1 aliphatic carbocycles. The summed E-state index contributed by atoms with van der Waals surface area (Å²) in [5, 5.41) is 3.45. The van der Waals surface area contributed by atoms with Crippen molar-refractivity contribution in [3.63, 3.8) is 0 Å². The number of pyridine rings is 1. The highest BCUT2D eigenvalue weighted by atomic mass is 35.5. The fraction of sp³-hybridized carbons (Fsp3) is 0.600. The standard InChI is InChI=1S/C15H21ClN2O/c1-9(2)13-7-12(8-14(16)18-13)15(19)17-10(3)11-5-4-6-11/h7-11H,4-6H2,1-3H3,(H,17,19). The average Bonchev–Trinajstić information content (AvgIpc) is 2.25. The summed E-state index contributed by atoms with van der Waals surface area (Å²) in [5.74, 6) is 0.839. The molecule has 2 rings (SSSR count). The normalized spacial score (nSPS) is 17.1. The van der Waals surface area contributed by atoms with E-state index in [-0.39, 0.29) is 17.9 Å². The molecule has 1 unspecified atom stereocenters. The van der Waals surface area contributed by atoms with E-state index in [1.807, 2.05) is 19.9 Å². The molecular formula is C15H21ClN2O. The Hall–Kier alpha value is -1.09. The third-order valence-electron chi connectivity index (χ3n) is 3.88. The molecule has 1 amide bonds. The van der Waals surface area contributed by atoms with Gasteiger partial charge in [0.05, 0.1) is 0 Å². The van der Waals surface area contributed by atoms with Crippen LogP contribution in [-0.4, -0.2) is 16.9 Å². The van der Waals surface area contributed by atoms with Crippen LogP contribution < -0.4 is 5.32 Å². The van der Waals surface area contributed by atoms with Crippen LogP contribution in [0.3, 0.4) is 0 Å². The van der Waals surface area contributed by atoms with Crippen molar-refractivity contribution < 1.29 is 4.79 Å². The number of hydrogen-bond acceptors (Lipinski definition) is 2. The van der Waals surface area contributed by atoms with Crippen LogP contribution in [0.25, 0.3) is 0 Å². The molecule has 1 fully saturated rings. The van der Waals surface area contributed by atoms with Crippen LogP contribution in [0.15, 0.2) is 12.1 Å². The van der Waals surface area contributed by atoms with Crippen LogP contribution in [0.5, 0.6) is 0 Å². The number of hydrogen-bond donors (Lipinski definition) is 1. The zero-order chi connectivity index (χ0) is 14.0. The van der Waals surface area contributed by atoms with Gasteiger partial charge in [0.1, 0.15) is 5.15 Å². The summed E-state index contributed by atoms with van der Waals surface area (Å²) >= 11 is 5.98. The molecule has 1 heterocycles. The molecule has 104 valence electrons. The second-order valence-corrected chi connectivity index (χ2v) is 6.10. The minimum atomic E-state index is -0.0504. The van der Waals surface area contributed by atoms with Gasteiger partial charge < -0.3 is 5.32 Å². The van der Waals surface area contributed by atoms with Gasteiger partial charge in [-0.2, -0.15) is 0 Å². The number of aromatic nitrogens is 1. The molecular weight excluding hydrogens is 260 g/mol. The van der Waals surface area contributed by atoms with Crippen LogP contribution in [0.1, 0.15) is 62.0 Å². The fourth-order valence-corrected chi connectivity index (χ4v) is 2.51. The van der Waals surface area contributed by atoms with Crippen molar-refractivity contribution in [1.82, 2.24) is 10.3 Å². The molecule has 1 aromatic rings. The first-order valence-corrected chi connectivity index (χ1v) is 7.33. The summed E-state index contributed by atoms with van der Waals surface area (Å²) in [6.45, 7) is 6.16. The van der Waals surface area contributed by atoms with E-state index in [0.717, 1.165) is 5.69 Å². The predicted molar refractivity (Wildman–Crippen MR) is 77.6 cm³/mol. The van der Waals surface area contributed by atoms with Gasteiger partial charge in [-0.1, -0.05) is 31.9 Å². The van der Waals surface area contributed by atoms with Gasteiger partial charge in [0.15, 0.2) is 0 Å². The highest BCUT2D eigenvalue weighted by molar-refractivity contribution is 6.29. The van der Waals surface area contributed by atoms with E-state index in [2.05, 4.69) is 17.2 Å². The first kappa shape index (κ1) is 14.3. The SMILES string of the molecule is CC(C)c1cc(C(=O)NC(C)C2CCC2)cc(Cl)n1. The van der Waals surface area contributed by atoms with E-state index >= 15 is 0 Å². The minimum Gasteiger partial charge on any atom is -0.349 e. The largest absolute Gasteiger partial charge is 0.349 e. The van der Waals surface area contributed by atoms with Gasteiger partial charge in [0, 0.05) is 17.3 Å². The molecule has 19 heavy (non-hydrogen) atoms. The van der Waals surface area contributed by atoms with Crippen molar-refractivity contribution in [1.29, 1.82) is 0 Å². The van der Waals surface area contributed by atoms with Gasteiger partial charge in [-0.15, -0.1) is 0 Å². The smallest absolute Gasteiger partial charge is 0.251 e. The summed E-state index contributed by atoms with van der Waals surface area (Å²) in [6.07, 6.45) is 3.72. The van der Waals surface area contributed by atoms with Crippen molar-refractivity contribution in [3.05, 3.63) is 28.5 Å². The maximum atomic E-state index is 12.2. The minimum absolute atomic E-state index is 0.0504. The monoisotopic (exact) mass is 280 g/mol. The number of amides is 1. The zero-order valence-electron chi connectivity index (χ0n) is 11.7. The van der Waals surface area contributed by atoms with E-state index in [9.17, 15) is 4.79 Å². The van der Waals surface area contributed by atoms with E-state index < -0.39 is 0 Å². The van der Waals surface area contributed by atoms with Crippen molar-refractivity contribution in [3.8, 4) is 0 Å². The van der Waals surface area contributed by atoms with Crippen LogP contribution in [0, 0.1) is 5.92 Å². The van der Waals surface area contributed by atoms with Crippen LogP contribution >= 0.6 is 11.6 Å². The second-order valence-electron chi connectivity index (χ2n) is 5.71. The Bertz CT molecular complexity index is 469. The lowest BCUT2D eigenvalue weighted by Crippen LogP contribution is -2.40. The number of carbonyl (C=O) groups is 1. The first-order valence-electron chi connectivity index (χ1n) is 6.95. The van der Waals surface area contributed by atoms with Crippen molar-refractivity contribution in [2.75, 3.05) is 0 Å². The van der Waals surface area contributed by atoms with E-state index in [4.69, 9.17) is 11.6 Å². The highest BCUT2D eigenvalue weighted by Gasteiger charge is 2.25. The molecule has 1 atom stereocenters. The summed E-state index contributed by atoms with van der Waals surface area (Å²) in [4.78, 5) is 16.5. The first-order chi connectivity index (χ1) is 8.97. The molecule has 3 nitrogen and oxygen atoms in total. The van der Waals surface area contributed by atoms with Crippen molar-refractivity contribution >= 4 is 17.5 Å². The predicted octanol–water partition coefficient (Wildman–Crippen LogP) is 3.78. The number of nitrogens with zero attached hydrogens (tertiary/aromatic N) is 1. The summed E-state index contributed by atoms with van der Waals surface area (Å²) in [7, 11) is 0. The van der Waals surface area contributed by atoms with Crippen LogP contribution in [0.4, 0.5) is 0 Å². The quantitative estimate of drug-likeness (QED) is 0.853. The van der Waals surface area contributed by atoms with Gasteiger partial charge in [-0.25, -0.2) is 4.98 Å². The number of halogens is 1. The maximum absolute atomic E-state index is 12.2.